The normalized spacial score (nSPS) is 11.3. The molecule has 0 fully saturated rings. The van der Waals surface area contributed by atoms with Gasteiger partial charge >= 0.3 is 0 Å². The molecule has 0 saturated heterocycles. The van der Waals surface area contributed by atoms with Crippen LogP contribution in [0.3, 0.4) is 0 Å². The number of rotatable bonds is 7. The lowest BCUT2D eigenvalue weighted by atomic mass is 10.2. The third-order valence-electron chi connectivity index (χ3n) is 4.67. The Hall–Kier alpha value is -3.50. The van der Waals surface area contributed by atoms with E-state index in [1.165, 1.54) is 31.2 Å². The summed E-state index contributed by atoms with van der Waals surface area (Å²) in [6, 6.07) is 12.9. The van der Waals surface area contributed by atoms with Crippen LogP contribution in [0.15, 0.2) is 59.6 Å². The number of aryl methyl sites for hydroxylation is 1. The van der Waals surface area contributed by atoms with Gasteiger partial charge in [-0.05, 0) is 25.1 Å². The van der Waals surface area contributed by atoms with Crippen LogP contribution in [0, 0.1) is 0 Å². The smallest absolute Gasteiger partial charge is 0.271 e. The van der Waals surface area contributed by atoms with Crippen molar-refractivity contribution in [2.75, 3.05) is 6.54 Å². The van der Waals surface area contributed by atoms with Gasteiger partial charge in [-0.2, -0.15) is 0 Å². The van der Waals surface area contributed by atoms with Crippen LogP contribution < -0.4 is 15.6 Å². The molecule has 0 spiro atoms. The number of benzene rings is 2. The SMILES string of the molecule is CC(=O)c1ccc(S(=O)(=O)NCCC(=O)NNC(=O)c2cn(C)c3ccccc23)cc1. The van der Waals surface area contributed by atoms with E-state index in [0.717, 1.165) is 10.9 Å². The molecule has 0 saturated carbocycles. The van der Waals surface area contributed by atoms with Crippen molar-refractivity contribution < 1.29 is 22.8 Å². The molecular weight excluding hydrogens is 420 g/mol. The van der Waals surface area contributed by atoms with Crippen LogP contribution in [0.5, 0.6) is 0 Å². The van der Waals surface area contributed by atoms with Crippen LogP contribution in [-0.4, -0.2) is 37.1 Å². The highest BCUT2D eigenvalue weighted by Gasteiger charge is 2.16. The lowest BCUT2D eigenvalue weighted by molar-refractivity contribution is -0.121. The number of carbonyl (C=O) groups excluding carboxylic acids is 3. The van der Waals surface area contributed by atoms with Gasteiger partial charge in [0.05, 0.1) is 10.5 Å². The number of sulfonamides is 1. The molecule has 3 rings (SSSR count). The van der Waals surface area contributed by atoms with Gasteiger partial charge in [-0.1, -0.05) is 30.3 Å². The average Bonchev–Trinajstić information content (AvgIpc) is 3.09. The third-order valence-corrected chi connectivity index (χ3v) is 6.15. The second kappa shape index (κ2) is 9.11. The van der Waals surface area contributed by atoms with E-state index in [1.54, 1.807) is 6.20 Å². The summed E-state index contributed by atoms with van der Waals surface area (Å²) in [6.07, 6.45) is 1.48. The van der Waals surface area contributed by atoms with Crippen molar-refractivity contribution in [1.29, 1.82) is 0 Å². The molecular formula is C21H22N4O5S. The van der Waals surface area contributed by atoms with Gasteiger partial charge in [0.1, 0.15) is 0 Å². The molecule has 31 heavy (non-hydrogen) atoms. The van der Waals surface area contributed by atoms with Crippen LogP contribution in [-0.2, 0) is 21.9 Å². The average molecular weight is 442 g/mol. The summed E-state index contributed by atoms with van der Waals surface area (Å²) in [6.45, 7) is 1.23. The number of nitrogens with zero attached hydrogens (tertiary/aromatic N) is 1. The van der Waals surface area contributed by atoms with Crippen molar-refractivity contribution >= 4 is 38.5 Å². The number of hydrazine groups is 1. The molecule has 1 heterocycles. The number of aromatic nitrogens is 1. The fourth-order valence-corrected chi connectivity index (χ4v) is 4.06. The summed E-state index contributed by atoms with van der Waals surface area (Å²) in [7, 11) is -2.01. The molecule has 3 aromatic rings. The first-order chi connectivity index (χ1) is 14.7. The number of carbonyl (C=O) groups is 3. The Morgan fingerprint density at radius 1 is 0.968 bits per heavy atom. The fourth-order valence-electron chi connectivity index (χ4n) is 3.03. The number of amides is 2. The highest BCUT2D eigenvalue weighted by Crippen LogP contribution is 2.19. The van der Waals surface area contributed by atoms with Crippen LogP contribution in [0.4, 0.5) is 0 Å². The predicted molar refractivity (Wildman–Crippen MR) is 115 cm³/mol. The number of hydrogen-bond acceptors (Lipinski definition) is 5. The summed E-state index contributed by atoms with van der Waals surface area (Å²) in [4.78, 5) is 35.6. The Balaban J connectivity index is 1.51. The molecule has 0 radical (unpaired) electrons. The van der Waals surface area contributed by atoms with Crippen molar-refractivity contribution in [3.63, 3.8) is 0 Å². The second-order valence-electron chi connectivity index (χ2n) is 6.90. The lowest BCUT2D eigenvalue weighted by Gasteiger charge is -2.09. The molecule has 2 amide bonds. The van der Waals surface area contributed by atoms with Crippen molar-refractivity contribution in [3.05, 3.63) is 65.9 Å². The number of nitrogens with one attached hydrogen (secondary N) is 3. The minimum atomic E-state index is -3.83. The Kier molecular flexibility index (Phi) is 6.52. The molecule has 1 aromatic heterocycles. The van der Waals surface area contributed by atoms with Gasteiger partial charge in [-0.25, -0.2) is 13.1 Å². The van der Waals surface area contributed by atoms with E-state index in [0.29, 0.717) is 11.1 Å². The first-order valence-corrected chi connectivity index (χ1v) is 10.9. The van der Waals surface area contributed by atoms with Crippen molar-refractivity contribution in [2.45, 2.75) is 18.2 Å². The molecule has 3 N–H and O–H groups in total. The Labute approximate surface area is 179 Å². The maximum Gasteiger partial charge on any atom is 0.271 e. The molecule has 10 heteroatoms. The monoisotopic (exact) mass is 442 g/mol. The van der Waals surface area contributed by atoms with Gasteiger partial charge in [-0.15, -0.1) is 0 Å². The molecule has 0 aliphatic carbocycles. The molecule has 162 valence electrons. The molecule has 0 bridgehead atoms. The summed E-state index contributed by atoms with van der Waals surface area (Å²) in [5.74, 6) is -1.20. The topological polar surface area (TPSA) is 126 Å². The van der Waals surface area contributed by atoms with E-state index in [-0.39, 0.29) is 23.6 Å². The zero-order valence-corrected chi connectivity index (χ0v) is 17.8. The first kappa shape index (κ1) is 22.2. The van der Waals surface area contributed by atoms with Gasteiger partial charge < -0.3 is 4.57 Å². The van der Waals surface area contributed by atoms with Crippen molar-refractivity contribution in [2.24, 2.45) is 7.05 Å². The van der Waals surface area contributed by atoms with Gasteiger partial charge in [-0.3, -0.25) is 25.2 Å². The van der Waals surface area contributed by atoms with Gasteiger partial charge in [0.2, 0.25) is 15.9 Å². The van der Waals surface area contributed by atoms with E-state index < -0.39 is 21.8 Å². The van der Waals surface area contributed by atoms with Crippen molar-refractivity contribution in [3.8, 4) is 0 Å². The van der Waals surface area contributed by atoms with E-state index >= 15 is 0 Å². The number of ketones is 1. The van der Waals surface area contributed by atoms with E-state index in [2.05, 4.69) is 15.6 Å². The molecule has 2 aromatic carbocycles. The maximum atomic E-state index is 12.4. The standard InChI is InChI=1S/C21H22N4O5S/c1-14(26)15-7-9-16(10-8-15)31(29,30)22-12-11-20(27)23-24-21(28)18-13-25(2)19-6-4-3-5-17(18)19/h3-10,13,22H,11-12H2,1-2H3,(H,23,27)(H,24,28). The quantitative estimate of drug-likeness (QED) is 0.378. The molecule has 0 atom stereocenters. The first-order valence-electron chi connectivity index (χ1n) is 9.43. The summed E-state index contributed by atoms with van der Waals surface area (Å²) in [5, 5.41) is 0.750. The van der Waals surface area contributed by atoms with E-state index in [9.17, 15) is 22.8 Å². The predicted octanol–water partition coefficient (Wildman–Crippen LogP) is 1.51. The van der Waals surface area contributed by atoms with Crippen LogP contribution >= 0.6 is 0 Å². The van der Waals surface area contributed by atoms with Crippen molar-refractivity contribution in [1.82, 2.24) is 20.1 Å². The summed E-state index contributed by atoms with van der Waals surface area (Å²) >= 11 is 0. The number of hydrogen-bond donors (Lipinski definition) is 3. The Morgan fingerprint density at radius 3 is 2.32 bits per heavy atom. The second-order valence-corrected chi connectivity index (χ2v) is 8.67. The zero-order chi connectivity index (χ0) is 22.6. The fraction of sp³-hybridized carbons (Fsp3) is 0.190. The maximum absolute atomic E-state index is 12.4. The highest BCUT2D eigenvalue weighted by atomic mass is 32.2. The van der Waals surface area contributed by atoms with Crippen LogP contribution in [0.1, 0.15) is 34.1 Å². The zero-order valence-electron chi connectivity index (χ0n) is 17.0. The van der Waals surface area contributed by atoms with Crippen LogP contribution in [0.2, 0.25) is 0 Å². The largest absolute Gasteiger partial charge is 0.350 e. The van der Waals surface area contributed by atoms with Gasteiger partial charge in [0.15, 0.2) is 5.78 Å². The molecule has 9 nitrogen and oxygen atoms in total. The van der Waals surface area contributed by atoms with E-state index in [4.69, 9.17) is 0 Å². The molecule has 0 unspecified atom stereocenters. The summed E-state index contributed by atoms with van der Waals surface area (Å²) in [5.41, 5.74) is 6.31. The van der Waals surface area contributed by atoms with Gasteiger partial charge in [0, 0.05) is 42.7 Å². The number of Topliss-reactive ketones (excluding diaryl/α,β-unsaturated/α-hetero) is 1. The Morgan fingerprint density at radius 2 is 1.65 bits per heavy atom. The third kappa shape index (κ3) is 5.16. The number of para-hydroxylation sites is 1. The Bertz CT molecular complexity index is 1250. The minimum Gasteiger partial charge on any atom is -0.350 e. The van der Waals surface area contributed by atoms with Crippen LogP contribution in [0.25, 0.3) is 10.9 Å². The lowest BCUT2D eigenvalue weighted by Crippen LogP contribution is -2.42. The number of fused-ring (bicyclic) bond motifs is 1. The minimum absolute atomic E-state index is 0.0119. The van der Waals surface area contributed by atoms with Gasteiger partial charge in [0.25, 0.3) is 5.91 Å². The molecule has 0 aliphatic rings. The summed E-state index contributed by atoms with van der Waals surface area (Å²) < 4.78 is 28.7. The van der Waals surface area contributed by atoms with E-state index in [1.807, 2.05) is 35.9 Å². The molecule has 0 aliphatic heterocycles. The highest BCUT2D eigenvalue weighted by molar-refractivity contribution is 7.89.